The maximum Gasteiger partial charge on any atom is 0.265 e. The molecule has 1 aromatic carbocycles. The lowest BCUT2D eigenvalue weighted by Crippen LogP contribution is -2.47. The van der Waals surface area contributed by atoms with Gasteiger partial charge in [-0.3, -0.25) is 14.0 Å². The number of ether oxygens (including phenoxy) is 1. The van der Waals surface area contributed by atoms with E-state index in [0.29, 0.717) is 19.1 Å². The van der Waals surface area contributed by atoms with Crippen molar-refractivity contribution in [3.8, 4) is 5.75 Å². The van der Waals surface area contributed by atoms with Gasteiger partial charge in [0.1, 0.15) is 5.75 Å². The summed E-state index contributed by atoms with van der Waals surface area (Å²) in [6.07, 6.45) is 4.97. The molecule has 0 spiro atoms. The summed E-state index contributed by atoms with van der Waals surface area (Å²) in [5.41, 5.74) is 0.837. The molecule has 0 bridgehead atoms. The second-order valence-corrected chi connectivity index (χ2v) is 9.46. The van der Waals surface area contributed by atoms with Crippen LogP contribution in [0.3, 0.4) is 0 Å². The lowest BCUT2D eigenvalue weighted by molar-refractivity contribution is -0.121. The van der Waals surface area contributed by atoms with Crippen molar-refractivity contribution >= 4 is 52.3 Å². The molecule has 3 unspecified atom stereocenters. The molecule has 30 heavy (non-hydrogen) atoms. The highest BCUT2D eigenvalue weighted by Crippen LogP contribution is 2.31. The Morgan fingerprint density at radius 1 is 1.33 bits per heavy atom. The highest BCUT2D eigenvalue weighted by molar-refractivity contribution is 14.0. The van der Waals surface area contributed by atoms with E-state index in [0.717, 1.165) is 55.3 Å². The van der Waals surface area contributed by atoms with Gasteiger partial charge in [0.15, 0.2) is 12.6 Å². The minimum Gasteiger partial charge on any atom is -0.482 e. The Hall–Kier alpha value is -1.36. The zero-order valence-corrected chi connectivity index (χ0v) is 20.9. The summed E-state index contributed by atoms with van der Waals surface area (Å²) in [6.45, 7) is 3.43. The number of fused-ring (bicyclic) bond motifs is 1. The number of guanidine groups is 1. The van der Waals surface area contributed by atoms with Crippen LogP contribution in [-0.4, -0.2) is 59.9 Å². The van der Waals surface area contributed by atoms with E-state index in [9.17, 15) is 9.00 Å². The van der Waals surface area contributed by atoms with Crippen molar-refractivity contribution in [1.29, 1.82) is 0 Å². The second-order valence-electron chi connectivity index (χ2n) is 7.45. The number of carbonyl (C=O) groups is 1. The summed E-state index contributed by atoms with van der Waals surface area (Å²) >= 11 is 0. The molecule has 2 aliphatic rings. The summed E-state index contributed by atoms with van der Waals surface area (Å²) in [6, 6.07) is 7.95. The van der Waals surface area contributed by atoms with Gasteiger partial charge in [-0.25, -0.2) is 0 Å². The number of halogens is 1. The maximum absolute atomic E-state index is 12.2. The summed E-state index contributed by atoms with van der Waals surface area (Å²) in [4.78, 5) is 18.4. The van der Waals surface area contributed by atoms with E-state index < -0.39 is 10.8 Å². The van der Waals surface area contributed by atoms with Crippen LogP contribution in [0.15, 0.2) is 29.3 Å². The molecule has 2 N–H and O–H groups in total. The summed E-state index contributed by atoms with van der Waals surface area (Å²) in [5.74, 6) is 2.25. The van der Waals surface area contributed by atoms with E-state index in [4.69, 9.17) is 4.74 Å². The normalized spacial score (nSPS) is 22.4. The fourth-order valence-corrected chi connectivity index (χ4v) is 5.33. The van der Waals surface area contributed by atoms with Crippen molar-refractivity contribution in [1.82, 2.24) is 10.6 Å². The highest BCUT2D eigenvalue weighted by atomic mass is 127. The first-order valence-electron chi connectivity index (χ1n) is 10.5. The molecule has 1 fully saturated rings. The lowest BCUT2D eigenvalue weighted by atomic mass is 9.95. The third-order valence-corrected chi connectivity index (χ3v) is 7.25. The van der Waals surface area contributed by atoms with Crippen LogP contribution in [0.2, 0.25) is 0 Å². The molecule has 1 aliphatic heterocycles. The van der Waals surface area contributed by atoms with Crippen LogP contribution in [0.5, 0.6) is 5.75 Å². The molecule has 0 aromatic heterocycles. The molecule has 9 heteroatoms. The van der Waals surface area contributed by atoms with Crippen molar-refractivity contribution in [3.63, 3.8) is 0 Å². The van der Waals surface area contributed by atoms with Gasteiger partial charge in [-0.1, -0.05) is 25.5 Å². The first kappa shape index (κ1) is 24.9. The maximum atomic E-state index is 12.2. The van der Waals surface area contributed by atoms with Crippen LogP contribution in [-0.2, 0) is 15.6 Å². The molecule has 1 aliphatic carbocycles. The molecule has 3 rings (SSSR count). The van der Waals surface area contributed by atoms with Gasteiger partial charge in [0.2, 0.25) is 0 Å². The Labute approximate surface area is 198 Å². The molecular formula is C21H33IN4O3S. The van der Waals surface area contributed by atoms with Gasteiger partial charge in [0, 0.05) is 48.0 Å². The van der Waals surface area contributed by atoms with Gasteiger partial charge in [-0.05, 0) is 37.8 Å². The summed E-state index contributed by atoms with van der Waals surface area (Å²) < 4.78 is 17.6. The van der Waals surface area contributed by atoms with Gasteiger partial charge in [0.05, 0.1) is 5.69 Å². The third-order valence-electron chi connectivity index (χ3n) is 5.51. The molecule has 1 aromatic rings. The van der Waals surface area contributed by atoms with E-state index in [1.54, 1.807) is 11.9 Å². The molecule has 1 heterocycles. The van der Waals surface area contributed by atoms with Crippen LogP contribution in [0, 0.1) is 0 Å². The number of benzene rings is 1. The zero-order chi connectivity index (χ0) is 20.6. The van der Waals surface area contributed by atoms with E-state index in [1.165, 1.54) is 0 Å². The van der Waals surface area contributed by atoms with Gasteiger partial charge >= 0.3 is 0 Å². The van der Waals surface area contributed by atoms with Crippen LogP contribution in [0.4, 0.5) is 5.69 Å². The molecule has 168 valence electrons. The standard InChI is InChI=1S/C21H32N4O3S.HI/c1-3-29(27)17-9-6-8-16(14-17)24-21(22-2)23-12-7-13-25-18-10-4-5-11-19(18)28-15-20(25)26;/h4-5,10-11,16-17H,3,6-9,12-15H2,1-2H3,(H2,22,23,24);1H. The Kier molecular flexibility index (Phi) is 10.4. The molecule has 3 atom stereocenters. The van der Waals surface area contributed by atoms with Crippen LogP contribution >= 0.6 is 24.0 Å². The van der Waals surface area contributed by atoms with E-state index in [1.807, 2.05) is 31.2 Å². The quantitative estimate of drug-likeness (QED) is 0.237. The topological polar surface area (TPSA) is 83.0 Å². The van der Waals surface area contributed by atoms with Crippen molar-refractivity contribution in [2.45, 2.75) is 50.3 Å². The molecule has 0 saturated heterocycles. The SMILES string of the molecule is CCS(=O)C1CCCC(NC(=NC)NCCCN2C(=O)COc3ccccc32)C1.I. The van der Waals surface area contributed by atoms with Gasteiger partial charge < -0.3 is 20.3 Å². The van der Waals surface area contributed by atoms with Gasteiger partial charge in [-0.15, -0.1) is 24.0 Å². The largest absolute Gasteiger partial charge is 0.482 e. The molecular weight excluding hydrogens is 515 g/mol. The van der Waals surface area contributed by atoms with Crippen molar-refractivity contribution in [2.75, 3.05) is 37.4 Å². The molecule has 0 radical (unpaired) electrons. The smallest absolute Gasteiger partial charge is 0.265 e. The number of hydrogen-bond donors (Lipinski definition) is 2. The molecule has 1 amide bonds. The number of rotatable bonds is 7. The van der Waals surface area contributed by atoms with Gasteiger partial charge in [-0.2, -0.15) is 0 Å². The summed E-state index contributed by atoms with van der Waals surface area (Å²) in [7, 11) is 1.04. The average molecular weight is 548 g/mol. The monoisotopic (exact) mass is 548 g/mol. The van der Waals surface area contributed by atoms with Gasteiger partial charge in [0.25, 0.3) is 5.91 Å². The van der Waals surface area contributed by atoms with E-state index in [-0.39, 0.29) is 41.7 Å². The number of para-hydroxylation sites is 2. The molecule has 1 saturated carbocycles. The number of carbonyl (C=O) groups excluding carboxylic acids is 1. The minimum absolute atomic E-state index is 0. The highest BCUT2D eigenvalue weighted by Gasteiger charge is 2.26. The Morgan fingerprint density at radius 3 is 2.90 bits per heavy atom. The number of aliphatic imine (C=N–C) groups is 1. The van der Waals surface area contributed by atoms with Crippen molar-refractivity contribution < 1.29 is 13.7 Å². The number of anilines is 1. The van der Waals surface area contributed by atoms with Crippen molar-refractivity contribution in [3.05, 3.63) is 24.3 Å². The fraction of sp³-hybridized carbons (Fsp3) is 0.619. The Balaban J connectivity index is 0.00000320. The first-order valence-corrected chi connectivity index (χ1v) is 11.9. The molecule has 7 nitrogen and oxygen atoms in total. The number of amides is 1. The zero-order valence-electron chi connectivity index (χ0n) is 17.8. The van der Waals surface area contributed by atoms with Crippen molar-refractivity contribution in [2.24, 2.45) is 4.99 Å². The lowest BCUT2D eigenvalue weighted by Gasteiger charge is -2.30. The van der Waals surface area contributed by atoms with E-state index >= 15 is 0 Å². The number of hydrogen-bond acceptors (Lipinski definition) is 4. The van der Waals surface area contributed by atoms with Crippen LogP contribution in [0.1, 0.15) is 39.0 Å². The average Bonchev–Trinajstić information content (AvgIpc) is 2.76. The third kappa shape index (κ3) is 6.57. The Morgan fingerprint density at radius 2 is 2.13 bits per heavy atom. The minimum atomic E-state index is -0.730. The summed E-state index contributed by atoms with van der Waals surface area (Å²) in [5, 5.41) is 7.12. The van der Waals surface area contributed by atoms with E-state index in [2.05, 4.69) is 15.6 Å². The van der Waals surface area contributed by atoms with Crippen LogP contribution < -0.4 is 20.3 Å². The predicted octanol–water partition coefficient (Wildman–Crippen LogP) is 2.66. The first-order chi connectivity index (χ1) is 14.1. The predicted molar refractivity (Wildman–Crippen MR) is 134 cm³/mol. The fourth-order valence-electron chi connectivity index (χ4n) is 3.98. The Bertz CT molecular complexity index is 762. The number of nitrogens with zero attached hydrogens (tertiary/aromatic N) is 2. The number of nitrogens with one attached hydrogen (secondary N) is 2. The second kappa shape index (κ2) is 12.5. The van der Waals surface area contributed by atoms with Crippen LogP contribution in [0.25, 0.3) is 0 Å².